The minimum Gasteiger partial charge on any atom is -0.493 e. The van der Waals surface area contributed by atoms with E-state index in [1.807, 2.05) is 42.5 Å². The van der Waals surface area contributed by atoms with Gasteiger partial charge in [0, 0.05) is 18.4 Å². The van der Waals surface area contributed by atoms with Gasteiger partial charge < -0.3 is 9.72 Å². The van der Waals surface area contributed by atoms with Crippen molar-refractivity contribution in [2.75, 3.05) is 6.61 Å². The molecule has 0 spiro atoms. The van der Waals surface area contributed by atoms with Gasteiger partial charge in [0.15, 0.2) is 0 Å². The van der Waals surface area contributed by atoms with Crippen LogP contribution in [0, 0.1) is 0 Å². The number of nitrogens with one attached hydrogen (secondary N) is 2. The molecule has 30 heavy (non-hydrogen) atoms. The van der Waals surface area contributed by atoms with Gasteiger partial charge in [-0.15, -0.1) is 0 Å². The number of hydrogen-bond acceptors (Lipinski definition) is 5. The molecular weight excluding hydrogens is 380 g/mol. The summed E-state index contributed by atoms with van der Waals surface area (Å²) in [5.41, 5.74) is 4.72. The molecule has 0 saturated heterocycles. The van der Waals surface area contributed by atoms with Crippen LogP contribution in [-0.4, -0.2) is 28.7 Å². The monoisotopic (exact) mass is 406 g/mol. The molecule has 0 saturated carbocycles. The molecule has 0 aliphatic heterocycles. The summed E-state index contributed by atoms with van der Waals surface area (Å²) < 4.78 is 5.80. The number of hydrogen-bond donors (Lipinski definition) is 2. The molecule has 7 heteroatoms. The van der Waals surface area contributed by atoms with Crippen LogP contribution in [0.5, 0.6) is 5.75 Å². The molecule has 0 aliphatic rings. The van der Waals surface area contributed by atoms with Crippen molar-refractivity contribution in [3.8, 4) is 5.75 Å². The van der Waals surface area contributed by atoms with Crippen molar-refractivity contribution in [3.63, 3.8) is 0 Å². The van der Waals surface area contributed by atoms with Gasteiger partial charge in [0.1, 0.15) is 11.4 Å². The van der Waals surface area contributed by atoms with Crippen LogP contribution in [0.25, 0.3) is 11.0 Å². The average Bonchev–Trinajstić information content (AvgIpc) is 2.76. The molecule has 7 nitrogen and oxygen atoms in total. The van der Waals surface area contributed by atoms with E-state index < -0.39 is 0 Å². The lowest BCUT2D eigenvalue weighted by Gasteiger charge is -2.08. The summed E-state index contributed by atoms with van der Waals surface area (Å²) in [5, 5.41) is 4.02. The van der Waals surface area contributed by atoms with Gasteiger partial charge in [-0.2, -0.15) is 5.10 Å². The Morgan fingerprint density at radius 1 is 1.17 bits per heavy atom. The molecule has 3 aromatic rings. The minimum atomic E-state index is -0.290. The highest BCUT2D eigenvalue weighted by atomic mass is 16.5. The maximum Gasteiger partial charge on any atom is 0.270 e. The number of aromatic nitrogens is 2. The zero-order valence-corrected chi connectivity index (χ0v) is 17.1. The second-order valence-electron chi connectivity index (χ2n) is 6.92. The van der Waals surface area contributed by atoms with Crippen LogP contribution in [0.4, 0.5) is 0 Å². The Labute approximate surface area is 175 Å². The summed E-state index contributed by atoms with van der Waals surface area (Å²) in [5.74, 6) is 0.445. The number of carbonyl (C=O) groups is 1. The second-order valence-corrected chi connectivity index (χ2v) is 6.92. The van der Waals surface area contributed by atoms with Crippen LogP contribution in [0.3, 0.4) is 0 Å². The van der Waals surface area contributed by atoms with Crippen molar-refractivity contribution in [2.24, 2.45) is 5.10 Å². The van der Waals surface area contributed by atoms with Crippen LogP contribution in [0.15, 0.2) is 58.4 Å². The Morgan fingerprint density at radius 2 is 1.97 bits per heavy atom. The van der Waals surface area contributed by atoms with Gasteiger partial charge in [-0.25, -0.2) is 10.4 Å². The minimum absolute atomic E-state index is 0.112. The number of rotatable bonds is 10. The van der Waals surface area contributed by atoms with Crippen molar-refractivity contribution in [1.29, 1.82) is 0 Å². The normalized spacial score (nSPS) is 11.1. The number of H-pyrrole nitrogens is 1. The molecule has 1 amide bonds. The van der Waals surface area contributed by atoms with E-state index in [1.165, 1.54) is 0 Å². The molecule has 1 aromatic heterocycles. The van der Waals surface area contributed by atoms with Crippen molar-refractivity contribution in [2.45, 2.75) is 39.0 Å². The van der Waals surface area contributed by atoms with E-state index in [9.17, 15) is 9.59 Å². The first kappa shape index (κ1) is 21.2. The highest BCUT2D eigenvalue weighted by Crippen LogP contribution is 2.16. The zero-order valence-electron chi connectivity index (χ0n) is 17.1. The smallest absolute Gasteiger partial charge is 0.270 e. The number of hydrazone groups is 1. The molecule has 2 N–H and O–H groups in total. The first-order valence-corrected chi connectivity index (χ1v) is 10.2. The lowest BCUT2D eigenvalue weighted by Crippen LogP contribution is -2.21. The van der Waals surface area contributed by atoms with Crippen LogP contribution >= 0.6 is 0 Å². The lowest BCUT2D eigenvalue weighted by atomic mass is 10.2. The van der Waals surface area contributed by atoms with Gasteiger partial charge in [0.2, 0.25) is 5.91 Å². The van der Waals surface area contributed by atoms with Gasteiger partial charge >= 0.3 is 0 Å². The molecule has 2 aromatic carbocycles. The Morgan fingerprint density at radius 3 is 2.83 bits per heavy atom. The predicted octanol–water partition coefficient (Wildman–Crippen LogP) is 3.58. The number of unbranched alkanes of at least 4 members (excludes halogenated alkanes) is 2. The summed E-state index contributed by atoms with van der Waals surface area (Å²) in [7, 11) is 0. The van der Waals surface area contributed by atoms with E-state index in [0.717, 1.165) is 30.6 Å². The van der Waals surface area contributed by atoms with E-state index in [-0.39, 0.29) is 24.3 Å². The third-order valence-electron chi connectivity index (χ3n) is 4.58. The first-order chi connectivity index (χ1) is 14.7. The maximum atomic E-state index is 12.1. The number of benzene rings is 2. The predicted molar refractivity (Wildman–Crippen MR) is 118 cm³/mol. The number of nitrogens with zero attached hydrogens (tertiary/aromatic N) is 2. The molecule has 0 aliphatic carbocycles. The fraction of sp³-hybridized carbons (Fsp3) is 0.304. The lowest BCUT2D eigenvalue weighted by molar-refractivity contribution is -0.121. The topological polar surface area (TPSA) is 96.4 Å². The van der Waals surface area contributed by atoms with Gasteiger partial charge in [-0.05, 0) is 30.7 Å². The number of amides is 1. The van der Waals surface area contributed by atoms with Gasteiger partial charge in [-0.3, -0.25) is 9.59 Å². The summed E-state index contributed by atoms with van der Waals surface area (Å²) in [6, 6.07) is 14.8. The Balaban J connectivity index is 1.53. The number of para-hydroxylation sites is 3. The van der Waals surface area contributed by atoms with E-state index >= 15 is 0 Å². The van der Waals surface area contributed by atoms with Gasteiger partial charge in [0.25, 0.3) is 5.56 Å². The van der Waals surface area contributed by atoms with Crippen LogP contribution in [0.1, 0.15) is 43.9 Å². The highest BCUT2D eigenvalue weighted by molar-refractivity contribution is 5.85. The van der Waals surface area contributed by atoms with Crippen LogP contribution < -0.4 is 15.7 Å². The average molecular weight is 406 g/mol. The molecule has 0 bridgehead atoms. The molecule has 0 atom stereocenters. The summed E-state index contributed by atoms with van der Waals surface area (Å²) in [4.78, 5) is 31.4. The third-order valence-corrected chi connectivity index (χ3v) is 4.58. The summed E-state index contributed by atoms with van der Waals surface area (Å²) in [6.07, 6.45) is 5.18. The molecule has 0 unspecified atom stereocenters. The molecule has 0 fully saturated rings. The Kier molecular flexibility index (Phi) is 7.71. The van der Waals surface area contributed by atoms with Crippen molar-refractivity contribution < 1.29 is 9.53 Å². The first-order valence-electron chi connectivity index (χ1n) is 10.2. The van der Waals surface area contributed by atoms with Crippen LogP contribution in [0.2, 0.25) is 0 Å². The SMILES string of the molecule is CCCCCOc1ccccc1/C=N/NC(=O)CCc1nc2ccccc2[nH]c1=O. The van der Waals surface area contributed by atoms with Crippen LogP contribution in [-0.2, 0) is 11.2 Å². The fourth-order valence-corrected chi connectivity index (χ4v) is 2.95. The molecule has 3 rings (SSSR count). The zero-order chi connectivity index (χ0) is 21.2. The standard InChI is InChI=1S/C23H26N4O3/c1-2-3-8-15-30-21-12-7-4-9-17(21)16-24-27-22(28)14-13-20-23(29)26-19-11-6-5-10-18(19)25-20/h4-7,9-12,16H,2-3,8,13-15H2,1H3,(H,26,29)(H,27,28)/b24-16+. The third kappa shape index (κ3) is 6.01. The van der Waals surface area contributed by atoms with E-state index in [2.05, 4.69) is 27.4 Å². The van der Waals surface area contributed by atoms with E-state index in [0.29, 0.717) is 23.3 Å². The highest BCUT2D eigenvalue weighted by Gasteiger charge is 2.08. The van der Waals surface area contributed by atoms with Crippen molar-refractivity contribution >= 4 is 23.2 Å². The Hall–Kier alpha value is -3.48. The summed E-state index contributed by atoms with van der Waals surface area (Å²) >= 11 is 0. The molecule has 156 valence electrons. The van der Waals surface area contributed by atoms with Crippen molar-refractivity contribution in [3.05, 3.63) is 70.1 Å². The number of fused-ring (bicyclic) bond motifs is 1. The molecular formula is C23H26N4O3. The fourth-order valence-electron chi connectivity index (χ4n) is 2.95. The van der Waals surface area contributed by atoms with Gasteiger partial charge in [0.05, 0.1) is 23.9 Å². The molecule has 0 radical (unpaired) electrons. The number of ether oxygens (including phenoxy) is 1. The molecule has 1 heterocycles. The largest absolute Gasteiger partial charge is 0.493 e. The van der Waals surface area contributed by atoms with Crippen molar-refractivity contribution in [1.82, 2.24) is 15.4 Å². The van der Waals surface area contributed by atoms with Gasteiger partial charge in [-0.1, -0.05) is 44.0 Å². The Bertz CT molecular complexity index is 1080. The number of aromatic amines is 1. The number of carbonyl (C=O) groups excluding carboxylic acids is 1. The van der Waals surface area contributed by atoms with E-state index in [4.69, 9.17) is 4.74 Å². The van der Waals surface area contributed by atoms with E-state index in [1.54, 1.807) is 12.3 Å². The quantitative estimate of drug-likeness (QED) is 0.306. The maximum absolute atomic E-state index is 12.1. The summed E-state index contributed by atoms with van der Waals surface area (Å²) in [6.45, 7) is 2.80. The number of aryl methyl sites for hydroxylation is 1. The second kappa shape index (κ2) is 10.9.